The van der Waals surface area contributed by atoms with Crippen molar-refractivity contribution in [1.29, 1.82) is 0 Å². The molecule has 0 bridgehead atoms. The van der Waals surface area contributed by atoms with Gasteiger partial charge in [-0.1, -0.05) is 30.3 Å². The number of pyridine rings is 2. The molecule has 3 rings (SSSR count). The Hall–Kier alpha value is -2.34. The lowest BCUT2D eigenvalue weighted by molar-refractivity contribution is -0.138. The highest BCUT2D eigenvalue weighted by Crippen LogP contribution is 2.33. The minimum absolute atomic E-state index is 0.127. The molecule has 0 atom stereocenters. The molecular formula is C19H12Br2F6N2O2. The molecule has 0 fully saturated rings. The lowest BCUT2D eigenvalue weighted by Gasteiger charge is -2.10. The summed E-state index contributed by atoms with van der Waals surface area (Å²) in [5.74, 6) is 0.136. The Bertz CT molecular complexity index is 1070. The lowest BCUT2D eigenvalue weighted by Crippen LogP contribution is -2.12. The molecule has 0 unspecified atom stereocenters. The number of rotatable bonds is 3. The Morgan fingerprint density at radius 2 is 1.48 bits per heavy atom. The smallest absolute Gasteiger partial charge is 0.417 e. The van der Waals surface area contributed by atoms with Crippen LogP contribution in [0.4, 0.5) is 26.3 Å². The first-order valence-corrected chi connectivity index (χ1v) is 9.81. The molecule has 0 aliphatic carbocycles. The molecule has 2 heterocycles. The maximum absolute atomic E-state index is 12.4. The van der Waals surface area contributed by atoms with Gasteiger partial charge in [0.2, 0.25) is 5.88 Å². The maximum atomic E-state index is 12.4. The van der Waals surface area contributed by atoms with Gasteiger partial charge in [0, 0.05) is 12.4 Å². The van der Waals surface area contributed by atoms with Gasteiger partial charge in [-0.15, -0.1) is 0 Å². The van der Waals surface area contributed by atoms with Crippen LogP contribution in [-0.4, -0.2) is 9.97 Å². The third-order valence-corrected chi connectivity index (χ3v) is 4.70. The zero-order valence-electron chi connectivity index (χ0n) is 15.2. The van der Waals surface area contributed by atoms with Crippen molar-refractivity contribution >= 4 is 31.9 Å². The van der Waals surface area contributed by atoms with E-state index in [0.29, 0.717) is 6.20 Å². The fraction of sp³-hybridized carbons (Fsp3) is 0.158. The summed E-state index contributed by atoms with van der Waals surface area (Å²) < 4.78 is 78.6. The topological polar surface area (TPSA) is 55.0 Å². The Kier molecular flexibility index (Phi) is 8.29. The zero-order chi connectivity index (χ0) is 23.2. The summed E-state index contributed by atoms with van der Waals surface area (Å²) in [6, 6.07) is 11.0. The highest BCUT2D eigenvalue weighted by molar-refractivity contribution is 9.10. The molecule has 1 N–H and O–H groups in total. The average Bonchev–Trinajstić information content (AvgIpc) is 2.69. The second-order valence-electron chi connectivity index (χ2n) is 5.85. The van der Waals surface area contributed by atoms with E-state index in [-0.39, 0.29) is 21.4 Å². The van der Waals surface area contributed by atoms with Crippen LogP contribution in [0.1, 0.15) is 16.7 Å². The Morgan fingerprint density at radius 1 is 0.903 bits per heavy atom. The third kappa shape index (κ3) is 7.69. The largest absolute Gasteiger partial charge is 0.472 e. The van der Waals surface area contributed by atoms with Crippen molar-refractivity contribution in [3.05, 3.63) is 90.8 Å². The number of benzene rings is 1. The molecule has 0 spiro atoms. The van der Waals surface area contributed by atoms with E-state index in [9.17, 15) is 31.1 Å². The van der Waals surface area contributed by atoms with Crippen LogP contribution in [0.5, 0.6) is 5.88 Å². The van der Waals surface area contributed by atoms with Gasteiger partial charge in [-0.3, -0.25) is 4.79 Å². The second-order valence-corrected chi connectivity index (χ2v) is 7.55. The fourth-order valence-electron chi connectivity index (χ4n) is 2.03. The summed E-state index contributed by atoms with van der Waals surface area (Å²) in [4.78, 5) is 16.3. The van der Waals surface area contributed by atoms with Gasteiger partial charge >= 0.3 is 12.4 Å². The van der Waals surface area contributed by atoms with Gasteiger partial charge in [0.15, 0.2) is 0 Å². The number of alkyl halides is 6. The van der Waals surface area contributed by atoms with Gasteiger partial charge in [-0.05, 0) is 49.6 Å². The fourth-order valence-corrected chi connectivity index (χ4v) is 2.86. The van der Waals surface area contributed by atoms with Gasteiger partial charge in [0.05, 0.1) is 20.1 Å². The second kappa shape index (κ2) is 10.3. The van der Waals surface area contributed by atoms with Gasteiger partial charge in [0.25, 0.3) is 5.56 Å². The molecule has 0 saturated carbocycles. The summed E-state index contributed by atoms with van der Waals surface area (Å²) in [7, 11) is 0. The van der Waals surface area contributed by atoms with E-state index < -0.39 is 29.0 Å². The number of hydrogen-bond donors (Lipinski definition) is 1. The molecule has 3 aromatic rings. The van der Waals surface area contributed by atoms with Crippen LogP contribution in [0, 0.1) is 0 Å². The first kappa shape index (κ1) is 24.9. The van der Waals surface area contributed by atoms with Gasteiger partial charge in [0.1, 0.15) is 6.61 Å². The van der Waals surface area contributed by atoms with Crippen molar-refractivity contribution in [3.63, 3.8) is 0 Å². The number of nitrogens with one attached hydrogen (secondary N) is 1. The van der Waals surface area contributed by atoms with Crippen molar-refractivity contribution in [2.75, 3.05) is 0 Å². The molecule has 166 valence electrons. The molecule has 1 aromatic carbocycles. The van der Waals surface area contributed by atoms with Gasteiger partial charge in [-0.2, -0.15) is 26.3 Å². The van der Waals surface area contributed by atoms with E-state index >= 15 is 0 Å². The van der Waals surface area contributed by atoms with E-state index in [1.807, 2.05) is 35.3 Å². The number of aromatic nitrogens is 2. The van der Waals surface area contributed by atoms with Crippen LogP contribution in [0.25, 0.3) is 0 Å². The molecular weight excluding hydrogens is 562 g/mol. The molecule has 0 aliphatic rings. The van der Waals surface area contributed by atoms with Crippen LogP contribution in [0.3, 0.4) is 0 Å². The number of ether oxygens (including phenoxy) is 1. The summed E-state index contributed by atoms with van der Waals surface area (Å²) in [5, 5.41) is 0. The van der Waals surface area contributed by atoms with Gasteiger partial charge < -0.3 is 9.72 Å². The van der Waals surface area contributed by atoms with Crippen LogP contribution in [-0.2, 0) is 19.0 Å². The number of halogens is 8. The van der Waals surface area contributed by atoms with Crippen molar-refractivity contribution < 1.29 is 31.1 Å². The molecule has 0 aliphatic heterocycles. The summed E-state index contributed by atoms with van der Waals surface area (Å²) in [5.41, 5.74) is -1.36. The van der Waals surface area contributed by atoms with Crippen molar-refractivity contribution in [3.8, 4) is 5.88 Å². The summed E-state index contributed by atoms with van der Waals surface area (Å²) in [6.45, 7) is 0.248. The van der Waals surface area contributed by atoms with Crippen LogP contribution >= 0.6 is 31.9 Å². The monoisotopic (exact) mass is 572 g/mol. The van der Waals surface area contributed by atoms with E-state index in [2.05, 4.69) is 36.8 Å². The minimum Gasteiger partial charge on any atom is -0.472 e. The lowest BCUT2D eigenvalue weighted by atomic mass is 10.2. The first-order valence-electron chi connectivity index (χ1n) is 8.23. The Morgan fingerprint density at radius 3 is 2.00 bits per heavy atom. The van der Waals surface area contributed by atoms with Crippen molar-refractivity contribution in [2.45, 2.75) is 19.0 Å². The standard InChI is InChI=1S/C13H9BrF3NO.C6H3BrF3NO/c14-11-6-10(13(15,16)17)7-18-12(11)19-8-9-4-2-1-3-5-9;7-4-1-3(6(8,9)10)2-11-5(4)12/h1-7H,8H2;1-2H,(H,11,12). The van der Waals surface area contributed by atoms with Crippen LogP contribution in [0.2, 0.25) is 0 Å². The molecule has 2 aromatic heterocycles. The Labute approximate surface area is 188 Å². The summed E-state index contributed by atoms with van der Waals surface area (Å²) >= 11 is 5.72. The first-order chi connectivity index (χ1) is 14.4. The predicted molar refractivity (Wildman–Crippen MR) is 107 cm³/mol. The Balaban J connectivity index is 0.000000245. The number of aromatic amines is 1. The summed E-state index contributed by atoms with van der Waals surface area (Å²) in [6.07, 6.45) is -7.45. The normalized spacial score (nSPS) is 11.5. The van der Waals surface area contributed by atoms with E-state index in [4.69, 9.17) is 4.74 Å². The number of hydrogen-bond acceptors (Lipinski definition) is 3. The number of nitrogens with zero attached hydrogens (tertiary/aromatic N) is 1. The molecule has 0 saturated heterocycles. The molecule has 0 amide bonds. The van der Waals surface area contributed by atoms with Crippen molar-refractivity contribution in [1.82, 2.24) is 9.97 Å². The quantitative estimate of drug-likeness (QED) is 0.359. The zero-order valence-corrected chi connectivity index (χ0v) is 18.4. The molecule has 12 heteroatoms. The third-order valence-electron chi connectivity index (χ3n) is 3.54. The molecule has 4 nitrogen and oxygen atoms in total. The average molecular weight is 574 g/mol. The van der Waals surface area contributed by atoms with E-state index in [0.717, 1.165) is 23.9 Å². The number of H-pyrrole nitrogens is 1. The van der Waals surface area contributed by atoms with Gasteiger partial charge in [-0.25, -0.2) is 4.98 Å². The molecule has 0 radical (unpaired) electrons. The highest BCUT2D eigenvalue weighted by Gasteiger charge is 2.32. The maximum Gasteiger partial charge on any atom is 0.417 e. The van der Waals surface area contributed by atoms with Crippen molar-refractivity contribution in [2.24, 2.45) is 0 Å². The molecule has 31 heavy (non-hydrogen) atoms. The highest BCUT2D eigenvalue weighted by atomic mass is 79.9. The van der Waals surface area contributed by atoms with Crippen LogP contribution < -0.4 is 10.3 Å². The van der Waals surface area contributed by atoms with Crippen LogP contribution in [0.15, 0.2) is 68.6 Å². The predicted octanol–water partition coefficient (Wildman–Crippen LogP) is 6.60. The SMILES string of the molecule is FC(F)(F)c1cnc(OCc2ccccc2)c(Br)c1.O=c1[nH]cc(C(F)(F)F)cc1Br. The van der Waals surface area contributed by atoms with E-state index in [1.165, 1.54) is 0 Å². The minimum atomic E-state index is -4.42. The van der Waals surface area contributed by atoms with E-state index in [1.54, 1.807) is 0 Å².